The third-order valence-electron chi connectivity index (χ3n) is 11.3. The van der Waals surface area contributed by atoms with Gasteiger partial charge in [-0.2, -0.15) is 0 Å². The monoisotopic (exact) mass is 886 g/mol. The number of pyridine rings is 4. The zero-order chi connectivity index (χ0) is 46.1. The van der Waals surface area contributed by atoms with Gasteiger partial charge >= 0.3 is 29.8 Å². The fourth-order valence-corrected chi connectivity index (χ4v) is 8.14. The second-order valence-corrected chi connectivity index (χ2v) is 16.3. The van der Waals surface area contributed by atoms with Crippen molar-refractivity contribution in [3.05, 3.63) is 147 Å². The van der Waals surface area contributed by atoms with Gasteiger partial charge in [-0.1, -0.05) is 48.0 Å². The van der Waals surface area contributed by atoms with Crippen molar-refractivity contribution in [2.45, 2.75) is 39.5 Å². The molecular weight excluding hydrogens is 844 g/mol. The van der Waals surface area contributed by atoms with Crippen LogP contribution in [0.5, 0.6) is 23.5 Å². The third kappa shape index (κ3) is 8.29. The maximum Gasteiger partial charge on any atom is 0.390 e. The van der Waals surface area contributed by atoms with E-state index >= 15 is 0 Å². The zero-order valence-corrected chi connectivity index (χ0v) is 36.9. The molecule has 8 rings (SSSR count). The molecule has 0 aliphatic carbocycles. The Morgan fingerprint density at radius 3 is 1.44 bits per heavy atom. The molecule has 0 saturated heterocycles. The fraction of sp³-hybridized carbons (Fsp3) is 0.250. The lowest BCUT2D eigenvalue weighted by atomic mass is 9.71. The van der Waals surface area contributed by atoms with Gasteiger partial charge in [0.05, 0.1) is 67.3 Å². The van der Waals surface area contributed by atoms with Crippen LogP contribution < -0.4 is 14.2 Å². The number of hydrogen-bond donors (Lipinski definition) is 0. The number of ether oxygens (including phenoxy) is 6. The van der Waals surface area contributed by atoms with Crippen LogP contribution >= 0.6 is 11.6 Å². The number of hydrogen-bond acceptors (Lipinski definition) is 14. The average Bonchev–Trinajstić information content (AvgIpc) is 3.31. The highest BCUT2D eigenvalue weighted by molar-refractivity contribution is 6.29. The molecule has 0 saturated carbocycles. The molecule has 64 heavy (non-hydrogen) atoms. The van der Waals surface area contributed by atoms with E-state index in [1.807, 2.05) is 44.2 Å². The van der Waals surface area contributed by atoms with Crippen molar-refractivity contribution in [3.63, 3.8) is 0 Å². The second kappa shape index (κ2) is 17.8. The number of rotatable bonds is 8. The number of aromatic nitrogens is 4. The largest absolute Gasteiger partial charge is 0.616 e. The van der Waals surface area contributed by atoms with Crippen molar-refractivity contribution in [1.82, 2.24) is 15.0 Å². The van der Waals surface area contributed by atoms with Gasteiger partial charge in [-0.15, -0.1) is 4.73 Å². The minimum atomic E-state index is -0.984. The molecule has 0 bridgehead atoms. The summed E-state index contributed by atoms with van der Waals surface area (Å²) in [6.07, 6.45) is 1.33. The molecule has 2 atom stereocenters. The Kier molecular flexibility index (Phi) is 12.4. The standard InChI is InChI=1S/C24H21ClN2O5.C24H22N2O6/c1-24(2,23(29)31-4)19-15-9-11-17(13-5-7-14(8-6-13)22(28)30-3)26-20(15)32-21-16(19)10-12-18(25)27-21;1-24(2,23(28)31-4)19-16-11-12-18(14-7-9-15(10-8-14)22(27)30-3)25-20(16)32-21-17(19)6-5-13-26(21)29/h5-12,19H,1-4H3;5-13,19H,1-4H3. The van der Waals surface area contributed by atoms with Gasteiger partial charge in [-0.3, -0.25) is 9.59 Å². The summed E-state index contributed by atoms with van der Waals surface area (Å²) in [5, 5.41) is 12.7. The van der Waals surface area contributed by atoms with Crippen molar-refractivity contribution in [3.8, 4) is 46.0 Å². The summed E-state index contributed by atoms with van der Waals surface area (Å²) in [7, 11) is 5.36. The normalized spacial score (nSPS) is 14.6. The molecule has 4 aromatic heterocycles. The lowest BCUT2D eigenvalue weighted by Gasteiger charge is -2.36. The summed E-state index contributed by atoms with van der Waals surface area (Å²) in [6, 6.07) is 27.9. The Balaban J connectivity index is 0.000000191. The summed E-state index contributed by atoms with van der Waals surface area (Å²) in [6.45, 7) is 7.17. The van der Waals surface area contributed by atoms with Crippen molar-refractivity contribution in [2.24, 2.45) is 10.8 Å². The lowest BCUT2D eigenvalue weighted by Crippen LogP contribution is -2.38. The summed E-state index contributed by atoms with van der Waals surface area (Å²) in [5.74, 6) is -1.56. The summed E-state index contributed by atoms with van der Waals surface area (Å²) in [4.78, 5) is 62.3. The highest BCUT2D eigenvalue weighted by Gasteiger charge is 2.48. The Morgan fingerprint density at radius 1 is 0.562 bits per heavy atom. The molecule has 6 heterocycles. The van der Waals surface area contributed by atoms with E-state index in [4.69, 9.17) is 40.0 Å². The predicted molar refractivity (Wildman–Crippen MR) is 232 cm³/mol. The quantitative estimate of drug-likeness (QED) is 0.0464. The Hall–Kier alpha value is -7.39. The Labute approximate surface area is 373 Å². The van der Waals surface area contributed by atoms with E-state index in [1.54, 1.807) is 80.6 Å². The van der Waals surface area contributed by atoms with E-state index in [0.29, 0.717) is 50.1 Å². The number of carbonyl (C=O) groups excluding carboxylic acids is 4. The SMILES string of the molecule is COC(=O)c1ccc(-c2ccc3c(n2)Oc2c(ccc[n+]2[O-])C3C(C)(C)C(=O)OC)cc1.COC(=O)c1ccc(-c2ccc3c(n2)Oc2nc(Cl)ccc2C3C(C)(C)C(=O)OC)cc1. The summed E-state index contributed by atoms with van der Waals surface area (Å²) >= 11 is 6.09. The van der Waals surface area contributed by atoms with E-state index in [1.165, 1.54) is 34.6 Å². The van der Waals surface area contributed by atoms with Crippen LogP contribution in [0.15, 0.2) is 103 Å². The molecule has 0 amide bonds. The number of benzene rings is 2. The van der Waals surface area contributed by atoms with Gasteiger partial charge < -0.3 is 33.6 Å². The van der Waals surface area contributed by atoms with Crippen LogP contribution in [0.4, 0.5) is 0 Å². The van der Waals surface area contributed by atoms with Crippen LogP contribution in [0.25, 0.3) is 22.5 Å². The van der Waals surface area contributed by atoms with Crippen LogP contribution in [-0.4, -0.2) is 67.3 Å². The molecular formula is C48H43ClN4O11. The van der Waals surface area contributed by atoms with Crippen LogP contribution in [0.3, 0.4) is 0 Å². The minimum Gasteiger partial charge on any atom is -0.616 e. The molecule has 2 aliphatic rings. The number of carbonyl (C=O) groups is 4. The highest BCUT2D eigenvalue weighted by atomic mass is 35.5. The number of methoxy groups -OCH3 is 4. The smallest absolute Gasteiger partial charge is 0.390 e. The molecule has 0 spiro atoms. The molecule has 16 heteroatoms. The molecule has 328 valence electrons. The lowest BCUT2D eigenvalue weighted by molar-refractivity contribution is -0.612. The molecule has 15 nitrogen and oxygen atoms in total. The summed E-state index contributed by atoms with van der Waals surface area (Å²) < 4.78 is 32.1. The molecule has 0 N–H and O–H groups in total. The molecule has 0 radical (unpaired) electrons. The Bertz CT molecular complexity index is 2790. The molecule has 6 aromatic rings. The van der Waals surface area contributed by atoms with Crippen LogP contribution in [0.2, 0.25) is 5.15 Å². The zero-order valence-electron chi connectivity index (χ0n) is 36.1. The van der Waals surface area contributed by atoms with Crippen LogP contribution in [0.1, 0.15) is 82.5 Å². The van der Waals surface area contributed by atoms with Gasteiger partial charge in [0.25, 0.3) is 0 Å². The van der Waals surface area contributed by atoms with Crippen LogP contribution in [-0.2, 0) is 28.5 Å². The molecule has 2 aliphatic heterocycles. The summed E-state index contributed by atoms with van der Waals surface area (Å²) in [5.41, 5.74) is 4.47. The minimum absolute atomic E-state index is 0.0765. The fourth-order valence-electron chi connectivity index (χ4n) is 8.00. The van der Waals surface area contributed by atoms with Crippen molar-refractivity contribution in [1.29, 1.82) is 0 Å². The first-order chi connectivity index (χ1) is 30.5. The van der Waals surface area contributed by atoms with Gasteiger partial charge in [0.1, 0.15) is 5.15 Å². The average molecular weight is 887 g/mol. The highest BCUT2D eigenvalue weighted by Crippen LogP contribution is 2.53. The van der Waals surface area contributed by atoms with E-state index in [0.717, 1.165) is 22.3 Å². The second-order valence-electron chi connectivity index (χ2n) is 15.9. The van der Waals surface area contributed by atoms with Gasteiger partial charge in [0.2, 0.25) is 17.6 Å². The van der Waals surface area contributed by atoms with E-state index in [9.17, 15) is 24.4 Å². The van der Waals surface area contributed by atoms with E-state index in [-0.39, 0.29) is 22.9 Å². The molecule has 2 unspecified atom stereocenters. The topological polar surface area (TPSA) is 189 Å². The number of halogens is 1. The maximum absolute atomic E-state index is 12.7. The first-order valence-electron chi connectivity index (χ1n) is 19.8. The van der Waals surface area contributed by atoms with Crippen molar-refractivity contribution in [2.75, 3.05) is 28.4 Å². The number of esters is 4. The number of fused-ring (bicyclic) bond motifs is 4. The van der Waals surface area contributed by atoms with Gasteiger partial charge in [-0.05, 0) is 82.3 Å². The third-order valence-corrected chi connectivity index (χ3v) is 11.5. The molecule has 2 aromatic carbocycles. The predicted octanol–water partition coefficient (Wildman–Crippen LogP) is 8.63. The maximum atomic E-state index is 12.7. The first-order valence-corrected chi connectivity index (χ1v) is 20.2. The van der Waals surface area contributed by atoms with Crippen molar-refractivity contribution < 1.29 is 52.3 Å². The van der Waals surface area contributed by atoms with E-state index in [2.05, 4.69) is 15.0 Å². The first kappa shape index (κ1) is 44.7. The van der Waals surface area contributed by atoms with Crippen LogP contribution in [0, 0.1) is 16.0 Å². The van der Waals surface area contributed by atoms with Crippen molar-refractivity contribution >= 4 is 35.5 Å². The van der Waals surface area contributed by atoms with Gasteiger partial charge in [0.15, 0.2) is 6.20 Å². The van der Waals surface area contributed by atoms with Gasteiger partial charge in [-0.25, -0.2) is 24.5 Å². The van der Waals surface area contributed by atoms with E-state index < -0.39 is 40.6 Å². The number of nitrogens with zero attached hydrogens (tertiary/aromatic N) is 4. The Morgan fingerprint density at radius 2 is 0.984 bits per heavy atom. The van der Waals surface area contributed by atoms with Gasteiger partial charge in [0, 0.05) is 45.7 Å². The molecule has 0 fully saturated rings.